The van der Waals surface area contributed by atoms with Gasteiger partial charge in [0.15, 0.2) is 5.84 Å². The van der Waals surface area contributed by atoms with Crippen molar-refractivity contribution in [2.45, 2.75) is 0 Å². The van der Waals surface area contributed by atoms with Gasteiger partial charge in [-0.1, -0.05) is 48.5 Å². The van der Waals surface area contributed by atoms with Gasteiger partial charge in [0.2, 0.25) is 0 Å². The molecule has 3 aromatic rings. The highest BCUT2D eigenvalue weighted by Crippen LogP contribution is 2.31. The van der Waals surface area contributed by atoms with Crippen molar-refractivity contribution < 1.29 is 9.47 Å². The molecule has 0 bridgehead atoms. The summed E-state index contributed by atoms with van der Waals surface area (Å²) < 4.78 is 10.8. The lowest BCUT2D eigenvalue weighted by Gasteiger charge is -2.11. The number of fused-ring (bicyclic) bond motifs is 1. The van der Waals surface area contributed by atoms with Crippen molar-refractivity contribution in [3.05, 3.63) is 83.9 Å². The lowest BCUT2D eigenvalue weighted by Crippen LogP contribution is -2.12. The Kier molecular flexibility index (Phi) is 4.58. The van der Waals surface area contributed by atoms with Crippen LogP contribution in [0.4, 0.5) is 11.4 Å². The number of anilines is 1. The highest BCUT2D eigenvalue weighted by molar-refractivity contribution is 6.26. The van der Waals surface area contributed by atoms with E-state index in [-0.39, 0.29) is 0 Å². The molecule has 0 atom stereocenters. The van der Waals surface area contributed by atoms with Crippen molar-refractivity contribution in [1.29, 1.82) is 0 Å². The molecular weight excluding hydrogens is 338 g/mol. The van der Waals surface area contributed by atoms with E-state index in [9.17, 15) is 0 Å². The van der Waals surface area contributed by atoms with Crippen LogP contribution in [-0.2, 0) is 0 Å². The third kappa shape index (κ3) is 3.27. The number of hydrogen-bond donors (Lipinski definition) is 1. The first-order chi connectivity index (χ1) is 13.3. The number of amidine groups is 2. The zero-order valence-corrected chi connectivity index (χ0v) is 15.1. The Labute approximate surface area is 158 Å². The summed E-state index contributed by atoms with van der Waals surface area (Å²) in [6.07, 6.45) is 0. The largest absolute Gasteiger partial charge is 0.495 e. The number of rotatable bonds is 4. The van der Waals surface area contributed by atoms with Gasteiger partial charge in [0.05, 0.1) is 19.9 Å². The Hall–Kier alpha value is -3.60. The summed E-state index contributed by atoms with van der Waals surface area (Å²) in [5.74, 6) is 2.85. The number of ether oxygens (including phenoxy) is 2. The van der Waals surface area contributed by atoms with Gasteiger partial charge < -0.3 is 14.8 Å². The Morgan fingerprint density at radius 1 is 0.741 bits per heavy atom. The SMILES string of the molecule is COc1ccccc1N=C1N=C(Nc2ccccc2OC)c2ccccc21. The van der Waals surface area contributed by atoms with Crippen LogP contribution < -0.4 is 14.8 Å². The van der Waals surface area contributed by atoms with Crippen molar-refractivity contribution in [2.75, 3.05) is 19.5 Å². The molecule has 27 heavy (non-hydrogen) atoms. The molecule has 0 spiro atoms. The van der Waals surface area contributed by atoms with Crippen LogP contribution in [0.15, 0.2) is 82.8 Å². The zero-order chi connectivity index (χ0) is 18.6. The predicted octanol–water partition coefficient (Wildman–Crippen LogP) is 4.65. The Morgan fingerprint density at radius 2 is 1.37 bits per heavy atom. The minimum Gasteiger partial charge on any atom is -0.495 e. The molecule has 0 fully saturated rings. The van der Waals surface area contributed by atoms with Gasteiger partial charge in [0, 0.05) is 11.1 Å². The first-order valence-electron chi connectivity index (χ1n) is 8.60. The van der Waals surface area contributed by atoms with Gasteiger partial charge in [-0.25, -0.2) is 9.98 Å². The number of methoxy groups -OCH3 is 2. The summed E-state index contributed by atoms with van der Waals surface area (Å²) in [6.45, 7) is 0. The van der Waals surface area contributed by atoms with Crippen LogP contribution in [0.25, 0.3) is 0 Å². The topological polar surface area (TPSA) is 55.2 Å². The normalized spacial score (nSPS) is 13.9. The molecule has 4 rings (SSSR count). The van der Waals surface area contributed by atoms with Gasteiger partial charge >= 0.3 is 0 Å². The highest BCUT2D eigenvalue weighted by Gasteiger charge is 2.22. The number of benzene rings is 3. The summed E-state index contributed by atoms with van der Waals surface area (Å²) in [5.41, 5.74) is 3.57. The summed E-state index contributed by atoms with van der Waals surface area (Å²) in [5, 5.41) is 3.37. The van der Waals surface area contributed by atoms with Crippen molar-refractivity contribution in [3.8, 4) is 11.5 Å². The van der Waals surface area contributed by atoms with E-state index in [1.165, 1.54) is 0 Å². The average Bonchev–Trinajstić information content (AvgIpc) is 3.06. The molecule has 134 valence electrons. The number of nitrogens with zero attached hydrogens (tertiary/aromatic N) is 2. The minimum absolute atomic E-state index is 0.646. The van der Waals surface area contributed by atoms with E-state index in [4.69, 9.17) is 19.5 Å². The quantitative estimate of drug-likeness (QED) is 0.739. The van der Waals surface area contributed by atoms with Crippen molar-refractivity contribution >= 4 is 23.0 Å². The maximum atomic E-state index is 5.43. The molecule has 5 heteroatoms. The number of nitrogens with one attached hydrogen (secondary N) is 1. The maximum Gasteiger partial charge on any atom is 0.163 e. The molecule has 0 aliphatic carbocycles. The third-order valence-corrected chi connectivity index (χ3v) is 4.31. The lowest BCUT2D eigenvalue weighted by molar-refractivity contribution is 0.416. The molecule has 1 aliphatic rings. The Bertz CT molecular complexity index is 1040. The van der Waals surface area contributed by atoms with Crippen molar-refractivity contribution in [3.63, 3.8) is 0 Å². The van der Waals surface area contributed by atoms with E-state index < -0.39 is 0 Å². The van der Waals surface area contributed by atoms with Crippen LogP contribution >= 0.6 is 0 Å². The number of aliphatic imine (C=N–C) groups is 2. The van der Waals surface area contributed by atoms with Gasteiger partial charge in [0.25, 0.3) is 0 Å². The van der Waals surface area contributed by atoms with Crippen molar-refractivity contribution in [1.82, 2.24) is 0 Å². The second-order valence-corrected chi connectivity index (χ2v) is 5.94. The molecule has 1 N–H and O–H groups in total. The molecule has 1 heterocycles. The molecule has 0 saturated heterocycles. The smallest absolute Gasteiger partial charge is 0.163 e. The average molecular weight is 357 g/mol. The molecule has 5 nitrogen and oxygen atoms in total. The van der Waals surface area contributed by atoms with Gasteiger partial charge in [-0.15, -0.1) is 0 Å². The van der Waals surface area contributed by atoms with Gasteiger partial charge in [-0.05, 0) is 24.3 Å². The van der Waals surface area contributed by atoms with Crippen LogP contribution in [-0.4, -0.2) is 25.9 Å². The molecule has 0 saturated carbocycles. The third-order valence-electron chi connectivity index (χ3n) is 4.31. The molecular formula is C22H19N3O2. The van der Waals surface area contributed by atoms with E-state index in [0.29, 0.717) is 11.6 Å². The fraction of sp³-hybridized carbons (Fsp3) is 0.0909. The number of hydrogen-bond acceptors (Lipinski definition) is 4. The lowest BCUT2D eigenvalue weighted by atomic mass is 10.1. The highest BCUT2D eigenvalue weighted by atomic mass is 16.5. The fourth-order valence-corrected chi connectivity index (χ4v) is 3.00. The Balaban J connectivity index is 1.77. The summed E-state index contributed by atoms with van der Waals surface area (Å²) in [7, 11) is 3.29. The molecule has 0 unspecified atom stereocenters. The van der Waals surface area contributed by atoms with Crippen LogP contribution in [0, 0.1) is 0 Å². The van der Waals surface area contributed by atoms with E-state index >= 15 is 0 Å². The zero-order valence-electron chi connectivity index (χ0n) is 15.1. The van der Waals surface area contributed by atoms with Gasteiger partial charge in [-0.2, -0.15) is 0 Å². The van der Waals surface area contributed by atoms with Gasteiger partial charge in [0.1, 0.15) is 23.0 Å². The maximum absolute atomic E-state index is 5.43. The monoisotopic (exact) mass is 357 g/mol. The van der Waals surface area contributed by atoms with E-state index in [0.717, 1.165) is 34.1 Å². The van der Waals surface area contributed by atoms with Crippen LogP contribution in [0.3, 0.4) is 0 Å². The molecule has 0 amide bonds. The minimum atomic E-state index is 0.646. The summed E-state index contributed by atoms with van der Waals surface area (Å²) in [6, 6.07) is 23.4. The van der Waals surface area contributed by atoms with Crippen LogP contribution in [0.5, 0.6) is 11.5 Å². The first kappa shape index (κ1) is 16.8. The standard InChI is InChI=1S/C22H19N3O2/c1-26-19-13-7-5-11-17(19)23-21-15-9-3-4-10-16(15)22(25-21)24-18-12-6-8-14-20(18)27-2/h3-14H,1-2H3,(H,23,24,25). The van der Waals surface area contributed by atoms with Gasteiger partial charge in [-0.3, -0.25) is 0 Å². The van der Waals surface area contributed by atoms with Crippen LogP contribution in [0.1, 0.15) is 11.1 Å². The Morgan fingerprint density at radius 3 is 2.15 bits per heavy atom. The predicted molar refractivity (Wildman–Crippen MR) is 109 cm³/mol. The van der Waals surface area contributed by atoms with Crippen molar-refractivity contribution in [2.24, 2.45) is 9.98 Å². The first-order valence-corrected chi connectivity index (χ1v) is 8.60. The van der Waals surface area contributed by atoms with E-state index in [1.807, 2.05) is 72.8 Å². The second kappa shape index (κ2) is 7.33. The number of para-hydroxylation sites is 4. The summed E-state index contributed by atoms with van der Waals surface area (Å²) >= 11 is 0. The van der Waals surface area contributed by atoms with E-state index in [1.54, 1.807) is 14.2 Å². The fourth-order valence-electron chi connectivity index (χ4n) is 3.00. The molecule has 0 radical (unpaired) electrons. The summed E-state index contributed by atoms with van der Waals surface area (Å²) in [4.78, 5) is 9.48. The second-order valence-electron chi connectivity index (χ2n) is 5.94. The van der Waals surface area contributed by atoms with E-state index in [2.05, 4.69) is 5.32 Å². The molecule has 1 aliphatic heterocycles. The molecule has 0 aromatic heterocycles. The van der Waals surface area contributed by atoms with Crippen LogP contribution in [0.2, 0.25) is 0 Å². The molecule has 3 aromatic carbocycles.